The van der Waals surface area contributed by atoms with Crippen LogP contribution in [0.5, 0.6) is 5.75 Å². The second-order valence-electron chi connectivity index (χ2n) is 7.80. The molecule has 2 N–H and O–H groups in total. The molecule has 0 aliphatic rings. The van der Waals surface area contributed by atoms with Gasteiger partial charge in [-0.05, 0) is 42.2 Å². The Balaban J connectivity index is 2.20. The van der Waals surface area contributed by atoms with Crippen molar-refractivity contribution >= 4 is 31.9 Å². The van der Waals surface area contributed by atoms with E-state index >= 15 is 0 Å². The number of sulfonamides is 1. The lowest BCUT2D eigenvalue weighted by atomic mass is 10.0. The standard InChI is InChI=1S/C21H28BrN3O6S/c1-15(2)13-24(32(29,30)19-10-8-18(31-3)9-11-19)14-21(26)20(23-22)12-16-4-6-17(7-5-16)25(27)28/h4-11,15,20-21,23,26H,12-14H2,1-3H3/t20-,21+/m0/s1. The van der Waals surface area contributed by atoms with Crippen molar-refractivity contribution in [2.75, 3.05) is 20.2 Å². The zero-order valence-corrected chi connectivity index (χ0v) is 20.5. The van der Waals surface area contributed by atoms with E-state index in [1.165, 1.54) is 35.7 Å². The van der Waals surface area contributed by atoms with Crippen LogP contribution in [0.2, 0.25) is 0 Å². The van der Waals surface area contributed by atoms with Crippen LogP contribution in [-0.4, -0.2) is 55.1 Å². The maximum absolute atomic E-state index is 13.3. The fourth-order valence-corrected chi connectivity index (χ4v) is 5.25. The van der Waals surface area contributed by atoms with Gasteiger partial charge in [-0.15, -0.1) is 0 Å². The summed E-state index contributed by atoms with van der Waals surface area (Å²) in [6, 6.07) is 11.6. The quantitative estimate of drug-likeness (QED) is 0.246. The molecule has 0 saturated carbocycles. The van der Waals surface area contributed by atoms with Gasteiger partial charge in [0.15, 0.2) is 0 Å². The topological polar surface area (TPSA) is 122 Å². The average Bonchev–Trinajstić information content (AvgIpc) is 2.76. The summed E-state index contributed by atoms with van der Waals surface area (Å²) >= 11 is 3.16. The average molecular weight is 530 g/mol. The molecule has 0 bridgehead atoms. The number of nitrogens with zero attached hydrogens (tertiary/aromatic N) is 2. The highest BCUT2D eigenvalue weighted by Crippen LogP contribution is 2.22. The van der Waals surface area contributed by atoms with Crippen LogP contribution in [0.4, 0.5) is 5.69 Å². The van der Waals surface area contributed by atoms with Gasteiger partial charge in [0, 0.05) is 47.4 Å². The molecule has 2 atom stereocenters. The minimum atomic E-state index is -3.85. The summed E-state index contributed by atoms with van der Waals surface area (Å²) < 4.78 is 35.7. The number of ether oxygens (including phenoxy) is 1. The first-order valence-electron chi connectivity index (χ1n) is 10.00. The highest BCUT2D eigenvalue weighted by molar-refractivity contribution is 9.08. The highest BCUT2D eigenvalue weighted by atomic mass is 79.9. The lowest BCUT2D eigenvalue weighted by molar-refractivity contribution is -0.384. The van der Waals surface area contributed by atoms with E-state index in [1.807, 2.05) is 13.8 Å². The molecular formula is C21H28BrN3O6S. The minimum Gasteiger partial charge on any atom is -0.497 e. The second-order valence-corrected chi connectivity index (χ2v) is 10.2. The van der Waals surface area contributed by atoms with Gasteiger partial charge in [-0.2, -0.15) is 4.31 Å². The molecule has 2 rings (SSSR count). The molecule has 2 aromatic rings. The first kappa shape index (κ1) is 26.2. The Morgan fingerprint density at radius 3 is 2.19 bits per heavy atom. The fourth-order valence-electron chi connectivity index (χ4n) is 3.17. The predicted molar refractivity (Wildman–Crippen MR) is 125 cm³/mol. The van der Waals surface area contributed by atoms with Crippen molar-refractivity contribution in [1.29, 1.82) is 0 Å². The third-order valence-corrected chi connectivity index (χ3v) is 7.30. The van der Waals surface area contributed by atoms with E-state index < -0.39 is 27.1 Å². The zero-order valence-electron chi connectivity index (χ0n) is 18.1. The van der Waals surface area contributed by atoms with Crippen LogP contribution >= 0.6 is 16.1 Å². The van der Waals surface area contributed by atoms with E-state index in [4.69, 9.17) is 4.74 Å². The minimum absolute atomic E-state index is 0.0219. The Hall–Kier alpha value is -2.05. The van der Waals surface area contributed by atoms with E-state index in [0.717, 1.165) is 5.56 Å². The molecule has 0 saturated heterocycles. The second kappa shape index (κ2) is 11.7. The molecular weight excluding hydrogens is 502 g/mol. The van der Waals surface area contributed by atoms with Crippen LogP contribution in [0.15, 0.2) is 53.4 Å². The number of benzene rings is 2. The number of nitro groups is 1. The van der Waals surface area contributed by atoms with Gasteiger partial charge in [-0.3, -0.25) is 10.1 Å². The van der Waals surface area contributed by atoms with Gasteiger partial charge < -0.3 is 9.84 Å². The van der Waals surface area contributed by atoms with Crippen molar-refractivity contribution in [3.8, 4) is 5.75 Å². The number of hydrogen-bond acceptors (Lipinski definition) is 7. The van der Waals surface area contributed by atoms with Crippen molar-refractivity contribution < 1.29 is 23.2 Å². The van der Waals surface area contributed by atoms with Gasteiger partial charge in [0.2, 0.25) is 10.0 Å². The highest BCUT2D eigenvalue weighted by Gasteiger charge is 2.30. The molecule has 0 aliphatic carbocycles. The van der Waals surface area contributed by atoms with Gasteiger partial charge >= 0.3 is 0 Å². The Morgan fingerprint density at radius 2 is 1.72 bits per heavy atom. The van der Waals surface area contributed by atoms with E-state index in [0.29, 0.717) is 12.2 Å². The summed E-state index contributed by atoms with van der Waals surface area (Å²) in [6.45, 7) is 3.92. The molecule has 32 heavy (non-hydrogen) atoms. The van der Waals surface area contributed by atoms with Gasteiger partial charge in [0.1, 0.15) is 5.75 Å². The van der Waals surface area contributed by atoms with Gasteiger partial charge in [-0.1, -0.05) is 26.0 Å². The van der Waals surface area contributed by atoms with Gasteiger partial charge in [0.05, 0.1) is 23.0 Å². The molecule has 176 valence electrons. The van der Waals surface area contributed by atoms with Crippen LogP contribution in [0.1, 0.15) is 19.4 Å². The molecule has 0 radical (unpaired) electrons. The van der Waals surface area contributed by atoms with Crippen molar-refractivity contribution in [2.24, 2.45) is 5.92 Å². The monoisotopic (exact) mass is 529 g/mol. The van der Waals surface area contributed by atoms with Crippen molar-refractivity contribution in [1.82, 2.24) is 8.65 Å². The lowest BCUT2D eigenvalue weighted by Crippen LogP contribution is -2.47. The van der Waals surface area contributed by atoms with Crippen LogP contribution in [0, 0.1) is 16.0 Å². The van der Waals surface area contributed by atoms with Crippen LogP contribution < -0.4 is 9.08 Å². The van der Waals surface area contributed by atoms with Crippen LogP contribution in [-0.2, 0) is 16.4 Å². The lowest BCUT2D eigenvalue weighted by Gasteiger charge is -2.29. The summed E-state index contributed by atoms with van der Waals surface area (Å²) in [4.78, 5) is 10.5. The summed E-state index contributed by atoms with van der Waals surface area (Å²) in [6.07, 6.45) is -0.709. The van der Waals surface area contributed by atoms with E-state index in [2.05, 4.69) is 20.5 Å². The molecule has 0 spiro atoms. The molecule has 0 amide bonds. The molecule has 0 heterocycles. The molecule has 0 fully saturated rings. The molecule has 11 heteroatoms. The number of aliphatic hydroxyl groups is 1. The van der Waals surface area contributed by atoms with Crippen LogP contribution in [0.25, 0.3) is 0 Å². The molecule has 0 aliphatic heterocycles. The maximum Gasteiger partial charge on any atom is 0.269 e. The van der Waals surface area contributed by atoms with Crippen LogP contribution in [0.3, 0.4) is 0 Å². The number of methoxy groups -OCH3 is 1. The molecule has 0 aromatic heterocycles. The summed E-state index contributed by atoms with van der Waals surface area (Å²) in [7, 11) is -2.34. The largest absolute Gasteiger partial charge is 0.497 e. The maximum atomic E-state index is 13.3. The Labute approximate surface area is 196 Å². The number of halogens is 1. The number of non-ortho nitro benzene ring substituents is 1. The third kappa shape index (κ3) is 6.97. The Morgan fingerprint density at radius 1 is 1.12 bits per heavy atom. The SMILES string of the molecule is COc1ccc(S(=O)(=O)N(CC(C)C)C[C@@H](O)[C@H](Cc2ccc([N+](=O)[O-])cc2)NBr)cc1. The third-order valence-electron chi connectivity index (χ3n) is 4.86. The van der Waals surface area contributed by atoms with E-state index in [-0.39, 0.29) is 29.6 Å². The smallest absolute Gasteiger partial charge is 0.269 e. The van der Waals surface area contributed by atoms with Crippen molar-refractivity contribution in [2.45, 2.75) is 37.3 Å². The summed E-state index contributed by atoms with van der Waals surface area (Å²) in [5.74, 6) is 0.589. The molecule has 0 unspecified atom stereocenters. The first-order valence-corrected chi connectivity index (χ1v) is 12.2. The number of aliphatic hydroxyl groups excluding tert-OH is 1. The summed E-state index contributed by atoms with van der Waals surface area (Å²) in [5.41, 5.74) is 0.742. The number of nitrogens with one attached hydrogen (secondary N) is 1. The predicted octanol–water partition coefficient (Wildman–Crippen LogP) is 3.12. The number of hydrogen-bond donors (Lipinski definition) is 2. The normalized spacial score (nSPS) is 13.8. The molecule has 9 nitrogen and oxygen atoms in total. The fraction of sp³-hybridized carbons (Fsp3) is 0.429. The van der Waals surface area contributed by atoms with E-state index in [1.54, 1.807) is 24.3 Å². The first-order chi connectivity index (χ1) is 15.1. The van der Waals surface area contributed by atoms with Crippen molar-refractivity contribution in [3.63, 3.8) is 0 Å². The Kier molecular flexibility index (Phi) is 9.59. The van der Waals surface area contributed by atoms with Gasteiger partial charge in [0.25, 0.3) is 5.69 Å². The summed E-state index contributed by atoms with van der Waals surface area (Å²) in [5, 5.41) is 21.7. The van der Waals surface area contributed by atoms with Gasteiger partial charge in [-0.25, -0.2) is 12.8 Å². The van der Waals surface area contributed by atoms with Crippen molar-refractivity contribution in [3.05, 3.63) is 64.2 Å². The van der Waals surface area contributed by atoms with E-state index in [9.17, 15) is 23.6 Å². The zero-order chi connectivity index (χ0) is 23.9. The number of rotatable bonds is 12. The Bertz CT molecular complexity index is 984. The number of nitro benzene ring substituents is 1. The molecule has 2 aromatic carbocycles.